The van der Waals surface area contributed by atoms with E-state index in [1.807, 2.05) is 24.8 Å². The molecule has 2 rings (SSSR count). The Morgan fingerprint density at radius 2 is 2.08 bits per heavy atom. The fourth-order valence-corrected chi connectivity index (χ4v) is 2.81. The summed E-state index contributed by atoms with van der Waals surface area (Å²) >= 11 is 10.5. The molecule has 1 heterocycles. The molecule has 0 fully saturated rings. The first-order chi connectivity index (χ1) is 11.5. The van der Waals surface area contributed by atoms with Crippen LogP contribution >= 0.6 is 24.4 Å². The van der Waals surface area contributed by atoms with Crippen LogP contribution in [0.5, 0.6) is 0 Å². The Kier molecular flexibility index (Phi) is 6.04. The van der Waals surface area contributed by atoms with E-state index in [0.29, 0.717) is 22.1 Å². The van der Waals surface area contributed by atoms with Gasteiger partial charge in [-0.05, 0) is 62.0 Å². The molecule has 0 atom stereocenters. The number of nitrogens with one attached hydrogen (secondary N) is 2. The van der Waals surface area contributed by atoms with Crippen molar-refractivity contribution in [1.82, 2.24) is 25.0 Å². The smallest absolute Gasteiger partial charge is 0.335 e. The predicted octanol–water partition coefficient (Wildman–Crippen LogP) is 2.34. The van der Waals surface area contributed by atoms with Gasteiger partial charge in [-0.25, -0.2) is 4.79 Å². The van der Waals surface area contributed by atoms with Crippen molar-refractivity contribution in [2.45, 2.75) is 20.4 Å². The Labute approximate surface area is 150 Å². The highest BCUT2D eigenvalue weighted by molar-refractivity contribution is 7.80. The van der Waals surface area contributed by atoms with Crippen molar-refractivity contribution in [3.63, 3.8) is 0 Å². The molecule has 0 spiro atoms. The fraction of sp³-hybridized carbons (Fsp3) is 0.333. The molecule has 0 aliphatic carbocycles. The summed E-state index contributed by atoms with van der Waals surface area (Å²) in [6.07, 6.45) is 1.51. The molecule has 1 aromatic heterocycles. The van der Waals surface area contributed by atoms with Crippen LogP contribution in [0.1, 0.15) is 29.8 Å². The second-order valence-electron chi connectivity index (χ2n) is 5.06. The molecule has 0 bridgehead atoms. The average Bonchev–Trinajstić information content (AvgIpc) is 3.00. The van der Waals surface area contributed by atoms with Gasteiger partial charge in [0.15, 0.2) is 9.88 Å². The van der Waals surface area contributed by atoms with Crippen LogP contribution in [0.4, 0.5) is 0 Å². The summed E-state index contributed by atoms with van der Waals surface area (Å²) in [6.45, 7) is 6.11. The SMILES string of the molecule is CCN(CC)C(=S)NCc1cc(C(=O)O)cc(-n2cn[nH]c2=S)c1. The van der Waals surface area contributed by atoms with Crippen LogP contribution in [0.25, 0.3) is 5.69 Å². The Balaban J connectivity index is 2.28. The minimum absolute atomic E-state index is 0.182. The molecule has 0 aliphatic heterocycles. The number of aromatic amines is 1. The highest BCUT2D eigenvalue weighted by Crippen LogP contribution is 2.15. The van der Waals surface area contributed by atoms with E-state index in [-0.39, 0.29) is 5.56 Å². The van der Waals surface area contributed by atoms with Gasteiger partial charge in [-0.1, -0.05) is 0 Å². The number of carbonyl (C=O) groups is 1. The summed E-state index contributed by atoms with van der Waals surface area (Å²) in [6, 6.07) is 5.03. The number of aromatic nitrogens is 3. The molecule has 0 aliphatic rings. The zero-order valence-corrected chi connectivity index (χ0v) is 15.1. The molecule has 24 heavy (non-hydrogen) atoms. The van der Waals surface area contributed by atoms with Crippen LogP contribution in [0, 0.1) is 4.77 Å². The van der Waals surface area contributed by atoms with Crippen LogP contribution in [0.3, 0.4) is 0 Å². The molecule has 0 amide bonds. The fourth-order valence-electron chi connectivity index (χ4n) is 2.27. The van der Waals surface area contributed by atoms with Gasteiger partial charge in [0.1, 0.15) is 6.33 Å². The van der Waals surface area contributed by atoms with Gasteiger partial charge in [-0.3, -0.25) is 9.67 Å². The summed E-state index contributed by atoms with van der Waals surface area (Å²) in [4.78, 5) is 13.4. The normalized spacial score (nSPS) is 10.4. The number of carboxylic acid groups (broad SMARTS) is 1. The molecule has 128 valence electrons. The van der Waals surface area contributed by atoms with Gasteiger partial charge in [0, 0.05) is 19.6 Å². The maximum Gasteiger partial charge on any atom is 0.335 e. The molecule has 1 aromatic carbocycles. The van der Waals surface area contributed by atoms with Crippen LogP contribution in [-0.2, 0) is 6.54 Å². The molecular weight excluding hydrogens is 346 g/mol. The first-order valence-electron chi connectivity index (χ1n) is 7.48. The molecule has 0 radical (unpaired) electrons. The minimum Gasteiger partial charge on any atom is -0.478 e. The number of hydrogen-bond donors (Lipinski definition) is 3. The van der Waals surface area contributed by atoms with Crippen molar-refractivity contribution >= 4 is 35.5 Å². The Morgan fingerprint density at radius 3 is 2.62 bits per heavy atom. The van der Waals surface area contributed by atoms with E-state index in [1.54, 1.807) is 16.7 Å². The maximum absolute atomic E-state index is 11.4. The maximum atomic E-state index is 11.4. The Bertz CT molecular complexity index is 795. The van der Waals surface area contributed by atoms with Crippen LogP contribution in [0.15, 0.2) is 24.5 Å². The van der Waals surface area contributed by atoms with E-state index >= 15 is 0 Å². The molecule has 0 unspecified atom stereocenters. The number of nitrogens with zero attached hydrogens (tertiary/aromatic N) is 3. The quantitative estimate of drug-likeness (QED) is 0.678. The number of carboxylic acids is 1. The first kappa shape index (κ1) is 18.1. The molecule has 2 aromatic rings. The third-order valence-corrected chi connectivity index (χ3v) is 4.24. The summed E-state index contributed by atoms with van der Waals surface area (Å²) in [7, 11) is 0. The van der Waals surface area contributed by atoms with E-state index in [2.05, 4.69) is 15.5 Å². The summed E-state index contributed by atoms with van der Waals surface area (Å²) in [5, 5.41) is 19.6. The summed E-state index contributed by atoms with van der Waals surface area (Å²) < 4.78 is 2.02. The van der Waals surface area contributed by atoms with Gasteiger partial charge in [-0.15, -0.1) is 0 Å². The van der Waals surface area contributed by atoms with Gasteiger partial charge in [0.05, 0.1) is 11.3 Å². The number of aromatic carboxylic acids is 1. The van der Waals surface area contributed by atoms with Gasteiger partial charge in [0.2, 0.25) is 0 Å². The van der Waals surface area contributed by atoms with E-state index in [0.717, 1.165) is 18.7 Å². The number of rotatable bonds is 6. The second-order valence-corrected chi connectivity index (χ2v) is 5.83. The average molecular weight is 365 g/mol. The molecule has 0 saturated carbocycles. The zero-order valence-electron chi connectivity index (χ0n) is 13.4. The lowest BCUT2D eigenvalue weighted by molar-refractivity contribution is 0.0696. The van der Waals surface area contributed by atoms with Crippen LogP contribution < -0.4 is 5.32 Å². The van der Waals surface area contributed by atoms with Crippen molar-refractivity contribution in [2.24, 2.45) is 0 Å². The van der Waals surface area contributed by atoms with Crippen molar-refractivity contribution in [3.05, 3.63) is 40.4 Å². The molecular formula is C15H19N5O2S2. The van der Waals surface area contributed by atoms with Gasteiger partial charge >= 0.3 is 5.97 Å². The molecule has 0 saturated heterocycles. The summed E-state index contributed by atoms with van der Waals surface area (Å²) in [5.41, 5.74) is 1.61. The Hall–Kier alpha value is -2.26. The van der Waals surface area contributed by atoms with Gasteiger partial charge in [0.25, 0.3) is 0 Å². The monoisotopic (exact) mass is 365 g/mol. The molecule has 3 N–H and O–H groups in total. The zero-order chi connectivity index (χ0) is 17.7. The van der Waals surface area contributed by atoms with Crippen molar-refractivity contribution in [1.29, 1.82) is 0 Å². The second kappa shape index (κ2) is 8.02. The third kappa shape index (κ3) is 4.18. The minimum atomic E-state index is -1.00. The lowest BCUT2D eigenvalue weighted by Crippen LogP contribution is -2.39. The van der Waals surface area contributed by atoms with Gasteiger partial charge < -0.3 is 15.3 Å². The first-order valence-corrected chi connectivity index (χ1v) is 8.30. The number of H-pyrrole nitrogens is 1. The van der Waals surface area contributed by atoms with Crippen molar-refractivity contribution in [2.75, 3.05) is 13.1 Å². The highest BCUT2D eigenvalue weighted by atomic mass is 32.1. The standard InChI is InChI=1S/C15H19N5O2S2/c1-3-19(4-2)14(23)16-8-10-5-11(13(21)22)7-12(6-10)20-9-17-18-15(20)24/h5-7,9H,3-4,8H2,1-2H3,(H,16,23)(H,18,24)(H,21,22). The van der Waals surface area contributed by atoms with Crippen molar-refractivity contribution in [3.8, 4) is 5.69 Å². The molecule has 7 nitrogen and oxygen atoms in total. The number of thiocarbonyl (C=S) groups is 1. The lowest BCUT2D eigenvalue weighted by Gasteiger charge is -2.22. The van der Waals surface area contributed by atoms with E-state index < -0.39 is 5.97 Å². The number of hydrogen-bond acceptors (Lipinski definition) is 4. The summed E-state index contributed by atoms with van der Waals surface area (Å²) in [5.74, 6) is -1.00. The topological polar surface area (TPSA) is 86.2 Å². The number of benzene rings is 1. The molecule has 9 heteroatoms. The van der Waals surface area contributed by atoms with E-state index in [9.17, 15) is 9.90 Å². The Morgan fingerprint density at radius 1 is 1.38 bits per heavy atom. The van der Waals surface area contributed by atoms with Crippen molar-refractivity contribution < 1.29 is 9.90 Å². The van der Waals surface area contributed by atoms with Crippen LogP contribution in [0.2, 0.25) is 0 Å². The van der Waals surface area contributed by atoms with Crippen LogP contribution in [-0.4, -0.2) is 48.9 Å². The van der Waals surface area contributed by atoms with E-state index in [1.165, 1.54) is 6.33 Å². The highest BCUT2D eigenvalue weighted by Gasteiger charge is 2.10. The van der Waals surface area contributed by atoms with E-state index in [4.69, 9.17) is 24.4 Å². The van der Waals surface area contributed by atoms with Gasteiger partial charge in [-0.2, -0.15) is 5.10 Å². The lowest BCUT2D eigenvalue weighted by atomic mass is 10.1. The predicted molar refractivity (Wildman–Crippen MR) is 98.1 cm³/mol. The third-order valence-electron chi connectivity index (χ3n) is 3.55. The largest absolute Gasteiger partial charge is 0.478 e.